The van der Waals surface area contributed by atoms with Crippen molar-refractivity contribution >= 4 is 11.9 Å². The Bertz CT molecular complexity index is 660. The summed E-state index contributed by atoms with van der Waals surface area (Å²) in [6.07, 6.45) is -2.71. The van der Waals surface area contributed by atoms with E-state index >= 15 is 0 Å². The lowest BCUT2D eigenvalue weighted by atomic mass is 10.1. The van der Waals surface area contributed by atoms with Crippen LogP contribution in [0.15, 0.2) is 28.7 Å². The van der Waals surface area contributed by atoms with Gasteiger partial charge in [-0.05, 0) is 37.1 Å². The van der Waals surface area contributed by atoms with Gasteiger partial charge in [-0.1, -0.05) is 5.10 Å². The maximum atomic E-state index is 12.5. The Hall–Kier alpha value is -2.38. The van der Waals surface area contributed by atoms with Crippen LogP contribution in [0.4, 0.5) is 19.2 Å². The number of amides is 1. The van der Waals surface area contributed by atoms with E-state index in [4.69, 9.17) is 4.42 Å². The van der Waals surface area contributed by atoms with E-state index < -0.39 is 11.7 Å². The highest BCUT2D eigenvalue weighted by Crippen LogP contribution is 2.32. The van der Waals surface area contributed by atoms with Crippen LogP contribution in [0.25, 0.3) is 11.5 Å². The van der Waals surface area contributed by atoms with Crippen molar-refractivity contribution in [2.75, 3.05) is 5.32 Å². The molecule has 0 aliphatic heterocycles. The van der Waals surface area contributed by atoms with Crippen LogP contribution in [0.5, 0.6) is 0 Å². The summed E-state index contributed by atoms with van der Waals surface area (Å²) in [6.45, 7) is 0. The molecule has 1 N–H and O–H groups in total. The minimum absolute atomic E-state index is 0.00795. The number of hydrogen-bond donors (Lipinski definition) is 1. The third-order valence-electron chi connectivity index (χ3n) is 3.06. The van der Waals surface area contributed by atoms with Crippen LogP contribution in [0.2, 0.25) is 0 Å². The van der Waals surface area contributed by atoms with Gasteiger partial charge in [0.1, 0.15) is 0 Å². The molecule has 0 bridgehead atoms. The smallest absolute Gasteiger partial charge is 0.403 e. The van der Waals surface area contributed by atoms with Gasteiger partial charge in [0.25, 0.3) is 0 Å². The lowest BCUT2D eigenvalue weighted by molar-refractivity contribution is -0.137. The van der Waals surface area contributed by atoms with Gasteiger partial charge in [-0.15, -0.1) is 5.10 Å². The highest BCUT2D eigenvalue weighted by atomic mass is 19.4. The summed E-state index contributed by atoms with van der Waals surface area (Å²) in [4.78, 5) is 11.5. The quantitative estimate of drug-likeness (QED) is 0.945. The van der Waals surface area contributed by atoms with E-state index in [9.17, 15) is 18.0 Å². The van der Waals surface area contributed by atoms with Crippen LogP contribution in [0.3, 0.4) is 0 Å². The summed E-state index contributed by atoms with van der Waals surface area (Å²) in [5, 5.41) is 9.81. The molecule has 1 heterocycles. The van der Waals surface area contributed by atoms with Gasteiger partial charge < -0.3 is 4.42 Å². The molecule has 0 spiro atoms. The Labute approximate surface area is 117 Å². The normalized spacial score (nSPS) is 15.0. The Kier molecular flexibility index (Phi) is 3.15. The van der Waals surface area contributed by atoms with E-state index in [2.05, 4.69) is 15.5 Å². The zero-order chi connectivity index (χ0) is 15.0. The number of carbonyl (C=O) groups is 1. The Morgan fingerprint density at radius 3 is 2.43 bits per heavy atom. The first kappa shape index (κ1) is 13.6. The fourth-order valence-electron chi connectivity index (χ4n) is 1.75. The maximum absolute atomic E-state index is 12.5. The highest BCUT2D eigenvalue weighted by Gasteiger charge is 2.31. The van der Waals surface area contributed by atoms with Gasteiger partial charge in [0.05, 0.1) is 5.56 Å². The van der Waals surface area contributed by atoms with Crippen LogP contribution in [0, 0.1) is 5.92 Å². The summed E-state index contributed by atoms with van der Waals surface area (Å²) < 4.78 is 42.6. The molecule has 110 valence electrons. The summed E-state index contributed by atoms with van der Waals surface area (Å²) in [5.74, 6) is -0.140. The molecule has 1 aliphatic carbocycles. The highest BCUT2D eigenvalue weighted by molar-refractivity contribution is 5.92. The van der Waals surface area contributed by atoms with E-state index in [1.54, 1.807) is 0 Å². The van der Waals surface area contributed by atoms with Gasteiger partial charge in [-0.25, -0.2) is 0 Å². The average Bonchev–Trinajstić information content (AvgIpc) is 3.19. The Morgan fingerprint density at radius 2 is 1.86 bits per heavy atom. The number of halogens is 3. The molecular weight excluding hydrogens is 287 g/mol. The van der Waals surface area contributed by atoms with Crippen molar-refractivity contribution in [2.24, 2.45) is 5.92 Å². The predicted molar refractivity (Wildman–Crippen MR) is 66.1 cm³/mol. The second kappa shape index (κ2) is 4.87. The SMILES string of the molecule is O=C(Nc1nnc(-c2ccc(C(F)(F)F)cc2)o1)C1CC1. The van der Waals surface area contributed by atoms with Crippen LogP contribution < -0.4 is 5.32 Å². The van der Waals surface area contributed by atoms with Crippen molar-refractivity contribution in [3.05, 3.63) is 29.8 Å². The van der Waals surface area contributed by atoms with Gasteiger partial charge in [0.15, 0.2) is 0 Å². The van der Waals surface area contributed by atoms with Crippen molar-refractivity contribution in [3.8, 4) is 11.5 Å². The lowest BCUT2D eigenvalue weighted by Gasteiger charge is -2.05. The van der Waals surface area contributed by atoms with Crippen molar-refractivity contribution in [3.63, 3.8) is 0 Å². The molecule has 1 aliphatic rings. The summed E-state index contributed by atoms with van der Waals surface area (Å²) in [6, 6.07) is 4.29. The van der Waals surface area contributed by atoms with Gasteiger partial charge in [-0.2, -0.15) is 13.2 Å². The minimum Gasteiger partial charge on any atom is -0.403 e. The van der Waals surface area contributed by atoms with Crippen molar-refractivity contribution < 1.29 is 22.4 Å². The number of nitrogens with one attached hydrogen (secondary N) is 1. The van der Waals surface area contributed by atoms with Crippen molar-refractivity contribution in [1.82, 2.24) is 10.2 Å². The average molecular weight is 297 g/mol. The molecule has 8 heteroatoms. The van der Waals surface area contributed by atoms with Gasteiger partial charge in [-0.3, -0.25) is 10.1 Å². The van der Waals surface area contributed by atoms with E-state index in [1.165, 1.54) is 12.1 Å². The zero-order valence-corrected chi connectivity index (χ0v) is 10.6. The van der Waals surface area contributed by atoms with E-state index in [0.29, 0.717) is 5.56 Å². The number of aromatic nitrogens is 2. The molecule has 0 radical (unpaired) electrons. The van der Waals surface area contributed by atoms with Crippen molar-refractivity contribution in [1.29, 1.82) is 0 Å². The number of hydrogen-bond acceptors (Lipinski definition) is 4. The number of carbonyl (C=O) groups excluding carboxylic acids is 1. The van der Waals surface area contributed by atoms with Crippen LogP contribution >= 0.6 is 0 Å². The number of anilines is 1. The molecule has 3 rings (SSSR count). The van der Waals surface area contributed by atoms with Crippen LogP contribution in [0.1, 0.15) is 18.4 Å². The summed E-state index contributed by atoms with van der Waals surface area (Å²) in [5.41, 5.74) is -0.407. The number of rotatable bonds is 3. The molecule has 1 fully saturated rings. The fraction of sp³-hybridized carbons (Fsp3) is 0.308. The van der Waals surface area contributed by atoms with E-state index in [-0.39, 0.29) is 23.7 Å². The standard InChI is InChI=1S/C13H10F3N3O2/c14-13(15,16)9-5-3-8(4-6-9)11-18-19-12(21-11)17-10(20)7-1-2-7/h3-7H,1-2H2,(H,17,19,20). The molecule has 1 aromatic heterocycles. The third-order valence-corrected chi connectivity index (χ3v) is 3.06. The Morgan fingerprint density at radius 1 is 1.19 bits per heavy atom. The molecule has 1 saturated carbocycles. The molecule has 21 heavy (non-hydrogen) atoms. The van der Waals surface area contributed by atoms with E-state index in [1.807, 2.05) is 0 Å². The third kappa shape index (κ3) is 3.04. The number of benzene rings is 1. The zero-order valence-electron chi connectivity index (χ0n) is 10.6. The predicted octanol–water partition coefficient (Wildman–Crippen LogP) is 3.10. The first-order valence-electron chi connectivity index (χ1n) is 6.25. The van der Waals surface area contributed by atoms with Crippen molar-refractivity contribution in [2.45, 2.75) is 19.0 Å². The molecular formula is C13H10F3N3O2. The largest absolute Gasteiger partial charge is 0.416 e. The van der Waals surface area contributed by atoms with Crippen LogP contribution in [-0.2, 0) is 11.0 Å². The minimum atomic E-state index is -4.39. The molecule has 2 aromatic rings. The second-order valence-electron chi connectivity index (χ2n) is 4.75. The maximum Gasteiger partial charge on any atom is 0.416 e. The molecule has 0 unspecified atom stereocenters. The van der Waals surface area contributed by atoms with E-state index in [0.717, 1.165) is 25.0 Å². The molecule has 1 amide bonds. The van der Waals surface area contributed by atoms with Crippen LogP contribution in [-0.4, -0.2) is 16.1 Å². The van der Waals surface area contributed by atoms with Gasteiger partial charge in [0.2, 0.25) is 11.8 Å². The molecule has 5 nitrogen and oxygen atoms in total. The number of alkyl halides is 3. The first-order valence-corrected chi connectivity index (χ1v) is 6.25. The topological polar surface area (TPSA) is 68.0 Å². The molecule has 1 aromatic carbocycles. The Balaban J connectivity index is 1.74. The fourth-order valence-corrected chi connectivity index (χ4v) is 1.75. The number of nitrogens with zero attached hydrogens (tertiary/aromatic N) is 2. The monoisotopic (exact) mass is 297 g/mol. The molecule has 0 saturated heterocycles. The van der Waals surface area contributed by atoms with Gasteiger partial charge in [0, 0.05) is 11.5 Å². The van der Waals surface area contributed by atoms with Gasteiger partial charge >= 0.3 is 12.2 Å². The second-order valence-corrected chi connectivity index (χ2v) is 4.75. The lowest BCUT2D eigenvalue weighted by Crippen LogP contribution is -2.13. The summed E-state index contributed by atoms with van der Waals surface area (Å²) >= 11 is 0. The summed E-state index contributed by atoms with van der Waals surface area (Å²) in [7, 11) is 0. The molecule has 0 atom stereocenters. The first-order chi connectivity index (χ1) is 9.93.